The number of halogens is 3. The predicted octanol–water partition coefficient (Wildman–Crippen LogP) is 3.16. The van der Waals surface area contributed by atoms with Crippen LogP contribution in [0.1, 0.15) is 36.7 Å². The van der Waals surface area contributed by atoms with E-state index in [2.05, 4.69) is 10.3 Å². The van der Waals surface area contributed by atoms with Crippen LogP contribution >= 0.6 is 0 Å². The number of nitrogens with one attached hydrogen (secondary N) is 1. The molecule has 0 bridgehead atoms. The Bertz CT molecular complexity index is 411. The molecule has 1 aliphatic carbocycles. The van der Waals surface area contributed by atoms with E-state index in [0.717, 1.165) is 18.5 Å². The van der Waals surface area contributed by atoms with Gasteiger partial charge < -0.3 is 5.32 Å². The molecule has 0 radical (unpaired) electrons. The molecule has 0 unspecified atom stereocenters. The molecular formula is C13H17F3N2. The number of alkyl halides is 3. The molecule has 5 heteroatoms. The van der Waals surface area contributed by atoms with Crippen molar-refractivity contribution in [2.75, 3.05) is 6.54 Å². The maximum atomic E-state index is 12.7. The van der Waals surface area contributed by atoms with Crippen LogP contribution in [0.3, 0.4) is 0 Å². The zero-order valence-electron chi connectivity index (χ0n) is 10.3. The summed E-state index contributed by atoms with van der Waals surface area (Å²) >= 11 is 0. The molecule has 1 heterocycles. The second-order valence-electron chi connectivity index (χ2n) is 4.72. The van der Waals surface area contributed by atoms with Crippen molar-refractivity contribution in [3.8, 4) is 0 Å². The Kier molecular flexibility index (Phi) is 3.90. The molecule has 1 aliphatic rings. The molecule has 0 atom stereocenters. The quantitative estimate of drug-likeness (QED) is 0.877. The number of aromatic nitrogens is 1. The van der Waals surface area contributed by atoms with Gasteiger partial charge in [0.2, 0.25) is 0 Å². The molecule has 2 rings (SSSR count). The summed E-state index contributed by atoms with van der Waals surface area (Å²) in [6.07, 6.45) is -1.50. The number of aryl methyl sites for hydroxylation is 1. The van der Waals surface area contributed by atoms with Crippen LogP contribution in [0.4, 0.5) is 13.2 Å². The lowest BCUT2D eigenvalue weighted by Crippen LogP contribution is -2.18. The lowest BCUT2D eigenvalue weighted by Gasteiger charge is -2.12. The minimum atomic E-state index is -4.31. The summed E-state index contributed by atoms with van der Waals surface area (Å²) in [7, 11) is 0. The lowest BCUT2D eigenvalue weighted by atomic mass is 10.1. The number of rotatable bonds is 5. The van der Waals surface area contributed by atoms with Gasteiger partial charge >= 0.3 is 6.18 Å². The van der Waals surface area contributed by atoms with Gasteiger partial charge in [0.1, 0.15) is 0 Å². The molecule has 0 saturated heterocycles. The van der Waals surface area contributed by atoms with Crippen LogP contribution in [0.15, 0.2) is 12.1 Å². The van der Waals surface area contributed by atoms with Crippen molar-refractivity contribution in [3.05, 3.63) is 29.1 Å². The standard InChI is InChI=1S/C13H17F3N2/c1-2-12-11(13(14,15)16)6-5-10(18-12)8-17-7-9-3-4-9/h5-6,9,17H,2-4,7-8H2,1H3. The number of nitrogens with zero attached hydrogens (tertiary/aromatic N) is 1. The fourth-order valence-corrected chi connectivity index (χ4v) is 1.90. The summed E-state index contributed by atoms with van der Waals surface area (Å²) in [6.45, 7) is 3.17. The highest BCUT2D eigenvalue weighted by Crippen LogP contribution is 2.31. The highest BCUT2D eigenvalue weighted by atomic mass is 19.4. The van der Waals surface area contributed by atoms with Gasteiger partial charge in [-0.2, -0.15) is 13.2 Å². The van der Waals surface area contributed by atoms with Crippen molar-refractivity contribution in [1.29, 1.82) is 0 Å². The SMILES string of the molecule is CCc1nc(CNCC2CC2)ccc1C(F)(F)F. The van der Waals surface area contributed by atoms with Gasteiger partial charge in [0.15, 0.2) is 0 Å². The zero-order valence-corrected chi connectivity index (χ0v) is 10.3. The van der Waals surface area contributed by atoms with E-state index in [-0.39, 0.29) is 5.69 Å². The molecule has 1 fully saturated rings. The lowest BCUT2D eigenvalue weighted by molar-refractivity contribution is -0.138. The fraction of sp³-hybridized carbons (Fsp3) is 0.615. The van der Waals surface area contributed by atoms with Gasteiger partial charge in [-0.3, -0.25) is 4.98 Å². The van der Waals surface area contributed by atoms with Gasteiger partial charge in [0, 0.05) is 6.54 Å². The van der Waals surface area contributed by atoms with Crippen LogP contribution in [-0.2, 0) is 19.1 Å². The number of hydrogen-bond donors (Lipinski definition) is 1. The van der Waals surface area contributed by atoms with Crippen molar-refractivity contribution in [2.45, 2.75) is 38.9 Å². The Morgan fingerprint density at radius 3 is 2.61 bits per heavy atom. The Morgan fingerprint density at radius 1 is 1.33 bits per heavy atom. The molecule has 1 saturated carbocycles. The first-order valence-corrected chi connectivity index (χ1v) is 6.27. The van der Waals surface area contributed by atoms with E-state index in [1.165, 1.54) is 18.9 Å². The van der Waals surface area contributed by atoms with Gasteiger partial charge in [0.05, 0.1) is 17.0 Å². The Hall–Kier alpha value is -1.10. The molecule has 1 aromatic heterocycles. The van der Waals surface area contributed by atoms with Gasteiger partial charge in [-0.15, -0.1) is 0 Å². The summed E-state index contributed by atoms with van der Waals surface area (Å²) in [5.41, 5.74) is 0.199. The maximum absolute atomic E-state index is 12.7. The first kappa shape index (κ1) is 13.3. The molecular weight excluding hydrogens is 241 g/mol. The van der Waals surface area contributed by atoms with Crippen molar-refractivity contribution in [3.63, 3.8) is 0 Å². The predicted molar refractivity (Wildman–Crippen MR) is 63.0 cm³/mol. The fourth-order valence-electron chi connectivity index (χ4n) is 1.90. The minimum Gasteiger partial charge on any atom is -0.311 e. The van der Waals surface area contributed by atoms with Gasteiger partial charge in [0.25, 0.3) is 0 Å². The Morgan fingerprint density at radius 2 is 2.06 bits per heavy atom. The van der Waals surface area contributed by atoms with Gasteiger partial charge in [-0.25, -0.2) is 0 Å². The van der Waals surface area contributed by atoms with Crippen molar-refractivity contribution in [1.82, 2.24) is 10.3 Å². The third-order valence-electron chi connectivity index (χ3n) is 3.11. The summed E-state index contributed by atoms with van der Waals surface area (Å²) in [6, 6.07) is 2.60. The summed E-state index contributed by atoms with van der Waals surface area (Å²) in [4.78, 5) is 4.09. The van der Waals surface area contributed by atoms with E-state index >= 15 is 0 Å². The van der Waals surface area contributed by atoms with E-state index in [1.54, 1.807) is 6.92 Å². The Labute approximate surface area is 105 Å². The normalized spacial score (nSPS) is 16.0. The summed E-state index contributed by atoms with van der Waals surface area (Å²) in [5.74, 6) is 0.755. The monoisotopic (exact) mass is 258 g/mol. The minimum absolute atomic E-state index is 0.133. The highest BCUT2D eigenvalue weighted by molar-refractivity contribution is 5.26. The topological polar surface area (TPSA) is 24.9 Å². The van der Waals surface area contributed by atoms with Crippen LogP contribution < -0.4 is 5.32 Å². The molecule has 2 nitrogen and oxygen atoms in total. The van der Waals surface area contributed by atoms with Crippen molar-refractivity contribution >= 4 is 0 Å². The molecule has 1 N–H and O–H groups in total. The van der Waals surface area contributed by atoms with E-state index in [9.17, 15) is 13.2 Å². The van der Waals surface area contributed by atoms with E-state index in [4.69, 9.17) is 0 Å². The van der Waals surface area contributed by atoms with Gasteiger partial charge in [-0.05, 0) is 43.9 Å². The van der Waals surface area contributed by atoms with Crippen LogP contribution in [0.5, 0.6) is 0 Å². The average Bonchev–Trinajstić information content (AvgIpc) is 3.11. The summed E-state index contributed by atoms with van der Waals surface area (Å²) in [5, 5.41) is 3.23. The van der Waals surface area contributed by atoms with E-state index in [0.29, 0.717) is 18.7 Å². The second kappa shape index (κ2) is 5.26. The Balaban J connectivity index is 2.03. The third kappa shape index (κ3) is 3.45. The zero-order chi connectivity index (χ0) is 13.2. The first-order chi connectivity index (χ1) is 8.50. The third-order valence-corrected chi connectivity index (χ3v) is 3.11. The van der Waals surface area contributed by atoms with E-state index in [1.807, 2.05) is 0 Å². The molecule has 0 amide bonds. The molecule has 100 valence electrons. The largest absolute Gasteiger partial charge is 0.418 e. The molecule has 1 aromatic rings. The van der Waals surface area contributed by atoms with Gasteiger partial charge in [-0.1, -0.05) is 6.92 Å². The highest BCUT2D eigenvalue weighted by Gasteiger charge is 2.33. The smallest absolute Gasteiger partial charge is 0.311 e. The van der Waals surface area contributed by atoms with Crippen LogP contribution in [-0.4, -0.2) is 11.5 Å². The van der Waals surface area contributed by atoms with Crippen molar-refractivity contribution < 1.29 is 13.2 Å². The second-order valence-corrected chi connectivity index (χ2v) is 4.72. The first-order valence-electron chi connectivity index (χ1n) is 6.27. The van der Waals surface area contributed by atoms with Crippen LogP contribution in [0.25, 0.3) is 0 Å². The van der Waals surface area contributed by atoms with Crippen molar-refractivity contribution in [2.24, 2.45) is 5.92 Å². The number of pyridine rings is 1. The van der Waals surface area contributed by atoms with Crippen LogP contribution in [0.2, 0.25) is 0 Å². The van der Waals surface area contributed by atoms with Crippen LogP contribution in [0, 0.1) is 5.92 Å². The molecule has 18 heavy (non-hydrogen) atoms. The molecule has 0 spiro atoms. The molecule has 0 aromatic carbocycles. The average molecular weight is 258 g/mol. The maximum Gasteiger partial charge on any atom is 0.418 e. The summed E-state index contributed by atoms with van der Waals surface area (Å²) < 4.78 is 38.0. The molecule has 0 aliphatic heterocycles. The number of hydrogen-bond acceptors (Lipinski definition) is 2. The van der Waals surface area contributed by atoms with E-state index < -0.39 is 11.7 Å².